The maximum absolute atomic E-state index is 9.21. The Balaban J connectivity index is 3.83. The molecule has 0 fully saturated rings. The Morgan fingerprint density at radius 2 is 1.36 bits per heavy atom. The predicted molar refractivity (Wildman–Crippen MR) is 98.8 cm³/mol. The monoisotopic (exact) mass is 312 g/mol. The minimum absolute atomic E-state index is 0.223. The average molecular weight is 313 g/mol. The standard InChI is InChI=1S/C19H40N2O/c1-4-7-8-9-10-11-12-13-14-15-19(20-6-3)21(16-5-2)17-18-22/h22H,4-18H2,1-3H3/b20-19+. The third kappa shape index (κ3) is 12.0. The first-order valence-corrected chi connectivity index (χ1v) is 9.69. The Labute approximate surface area is 139 Å². The maximum atomic E-state index is 9.21. The van der Waals surface area contributed by atoms with Crippen LogP contribution in [-0.4, -0.2) is 42.1 Å². The van der Waals surface area contributed by atoms with E-state index in [1.54, 1.807) is 0 Å². The highest BCUT2D eigenvalue weighted by Gasteiger charge is 2.09. The Kier molecular flexibility index (Phi) is 16.4. The van der Waals surface area contributed by atoms with E-state index in [0.717, 1.165) is 32.5 Å². The third-order valence-corrected chi connectivity index (χ3v) is 4.07. The summed E-state index contributed by atoms with van der Waals surface area (Å²) in [5.41, 5.74) is 0. The zero-order valence-electron chi connectivity index (χ0n) is 15.4. The number of hydrogen-bond acceptors (Lipinski definition) is 2. The number of unbranched alkanes of at least 4 members (excludes halogenated alkanes) is 8. The molecule has 3 nitrogen and oxygen atoms in total. The second-order valence-electron chi connectivity index (χ2n) is 6.18. The van der Waals surface area contributed by atoms with Gasteiger partial charge in [0, 0.05) is 26.1 Å². The summed E-state index contributed by atoms with van der Waals surface area (Å²) in [6.07, 6.45) is 14.4. The second kappa shape index (κ2) is 16.8. The number of nitrogens with zero attached hydrogens (tertiary/aromatic N) is 2. The van der Waals surface area contributed by atoms with Gasteiger partial charge >= 0.3 is 0 Å². The highest BCUT2D eigenvalue weighted by atomic mass is 16.3. The fraction of sp³-hybridized carbons (Fsp3) is 0.947. The first-order valence-electron chi connectivity index (χ1n) is 9.69. The van der Waals surface area contributed by atoms with E-state index in [1.807, 2.05) is 0 Å². The lowest BCUT2D eigenvalue weighted by Gasteiger charge is -2.25. The van der Waals surface area contributed by atoms with Gasteiger partial charge in [-0.3, -0.25) is 4.99 Å². The van der Waals surface area contributed by atoms with Gasteiger partial charge < -0.3 is 10.0 Å². The molecule has 0 bridgehead atoms. The summed E-state index contributed by atoms with van der Waals surface area (Å²) in [4.78, 5) is 6.93. The van der Waals surface area contributed by atoms with Crippen molar-refractivity contribution in [3.8, 4) is 0 Å². The minimum atomic E-state index is 0.223. The van der Waals surface area contributed by atoms with E-state index in [2.05, 4.69) is 30.7 Å². The number of aliphatic hydroxyl groups excluding tert-OH is 1. The number of rotatable bonds is 15. The van der Waals surface area contributed by atoms with Crippen LogP contribution in [0.2, 0.25) is 0 Å². The van der Waals surface area contributed by atoms with Gasteiger partial charge in [-0.05, 0) is 19.8 Å². The Bertz CT molecular complexity index is 248. The summed E-state index contributed by atoms with van der Waals surface area (Å²) < 4.78 is 0. The summed E-state index contributed by atoms with van der Waals surface area (Å²) in [5, 5.41) is 9.21. The summed E-state index contributed by atoms with van der Waals surface area (Å²) >= 11 is 0. The Morgan fingerprint density at radius 1 is 0.773 bits per heavy atom. The van der Waals surface area contributed by atoms with E-state index in [4.69, 9.17) is 0 Å². The fourth-order valence-electron chi connectivity index (χ4n) is 2.87. The second-order valence-corrected chi connectivity index (χ2v) is 6.18. The van der Waals surface area contributed by atoms with Crippen molar-refractivity contribution in [2.45, 2.75) is 91.4 Å². The molecule has 0 saturated heterocycles. The smallest absolute Gasteiger partial charge is 0.0989 e. The first-order chi connectivity index (χ1) is 10.8. The fourth-order valence-corrected chi connectivity index (χ4v) is 2.87. The van der Waals surface area contributed by atoms with Crippen LogP contribution >= 0.6 is 0 Å². The lowest BCUT2D eigenvalue weighted by atomic mass is 10.1. The molecular weight excluding hydrogens is 272 g/mol. The van der Waals surface area contributed by atoms with Crippen LogP contribution in [0.25, 0.3) is 0 Å². The molecule has 0 saturated carbocycles. The summed E-state index contributed by atoms with van der Waals surface area (Å²) in [6.45, 7) is 9.36. The molecule has 0 spiro atoms. The van der Waals surface area contributed by atoms with Gasteiger partial charge in [0.25, 0.3) is 0 Å². The number of hydrogen-bond donors (Lipinski definition) is 1. The van der Waals surface area contributed by atoms with Gasteiger partial charge in [0.15, 0.2) is 0 Å². The predicted octanol–water partition coefficient (Wildman–Crippen LogP) is 5.03. The zero-order valence-corrected chi connectivity index (χ0v) is 15.4. The van der Waals surface area contributed by atoms with Crippen molar-refractivity contribution in [1.82, 2.24) is 4.90 Å². The number of aliphatic imine (C=N–C) groups is 1. The largest absolute Gasteiger partial charge is 0.395 e. The molecule has 132 valence electrons. The van der Waals surface area contributed by atoms with Crippen LogP contribution in [0.4, 0.5) is 0 Å². The molecule has 0 aromatic rings. The maximum Gasteiger partial charge on any atom is 0.0989 e. The molecule has 0 radical (unpaired) electrons. The van der Waals surface area contributed by atoms with E-state index in [1.165, 1.54) is 63.6 Å². The highest BCUT2D eigenvalue weighted by Crippen LogP contribution is 2.12. The van der Waals surface area contributed by atoms with Crippen LogP contribution in [0.3, 0.4) is 0 Å². The molecule has 0 amide bonds. The van der Waals surface area contributed by atoms with Crippen molar-refractivity contribution in [3.63, 3.8) is 0 Å². The number of aliphatic hydroxyl groups is 1. The first kappa shape index (κ1) is 21.4. The van der Waals surface area contributed by atoms with Crippen LogP contribution in [0.15, 0.2) is 4.99 Å². The lowest BCUT2D eigenvalue weighted by Crippen LogP contribution is -2.34. The Morgan fingerprint density at radius 3 is 1.86 bits per heavy atom. The molecule has 0 aliphatic carbocycles. The van der Waals surface area contributed by atoms with Gasteiger partial charge in [-0.2, -0.15) is 0 Å². The Hall–Kier alpha value is -0.570. The van der Waals surface area contributed by atoms with Gasteiger partial charge in [0.1, 0.15) is 0 Å². The molecule has 0 unspecified atom stereocenters. The molecule has 0 aliphatic heterocycles. The van der Waals surface area contributed by atoms with Crippen LogP contribution in [-0.2, 0) is 0 Å². The number of amidine groups is 1. The van der Waals surface area contributed by atoms with Crippen LogP contribution in [0.5, 0.6) is 0 Å². The summed E-state index contributed by atoms with van der Waals surface area (Å²) in [7, 11) is 0. The van der Waals surface area contributed by atoms with Crippen molar-refractivity contribution in [3.05, 3.63) is 0 Å². The summed E-state index contributed by atoms with van der Waals surface area (Å²) in [5.74, 6) is 1.21. The highest BCUT2D eigenvalue weighted by molar-refractivity contribution is 5.82. The molecule has 22 heavy (non-hydrogen) atoms. The van der Waals surface area contributed by atoms with Gasteiger partial charge in [0.05, 0.1) is 12.4 Å². The zero-order chi connectivity index (χ0) is 16.5. The van der Waals surface area contributed by atoms with Crippen molar-refractivity contribution >= 4 is 5.84 Å². The molecule has 0 aromatic heterocycles. The van der Waals surface area contributed by atoms with E-state index in [0.29, 0.717) is 0 Å². The van der Waals surface area contributed by atoms with Crippen molar-refractivity contribution in [1.29, 1.82) is 0 Å². The quantitative estimate of drug-likeness (QED) is 0.261. The summed E-state index contributed by atoms with van der Waals surface area (Å²) in [6, 6.07) is 0. The van der Waals surface area contributed by atoms with E-state index in [-0.39, 0.29) is 6.61 Å². The lowest BCUT2D eigenvalue weighted by molar-refractivity contribution is 0.247. The van der Waals surface area contributed by atoms with E-state index >= 15 is 0 Å². The SMILES string of the molecule is CCCCCCCCCCC/C(=N\CC)N(CCC)CCO. The molecule has 1 N–H and O–H groups in total. The van der Waals surface area contributed by atoms with E-state index in [9.17, 15) is 5.11 Å². The van der Waals surface area contributed by atoms with Gasteiger partial charge in [-0.15, -0.1) is 0 Å². The third-order valence-electron chi connectivity index (χ3n) is 4.07. The van der Waals surface area contributed by atoms with Gasteiger partial charge in [-0.25, -0.2) is 0 Å². The van der Waals surface area contributed by atoms with Crippen molar-refractivity contribution < 1.29 is 5.11 Å². The topological polar surface area (TPSA) is 35.8 Å². The normalized spacial score (nSPS) is 11.9. The average Bonchev–Trinajstić information content (AvgIpc) is 2.52. The molecule has 3 heteroatoms. The van der Waals surface area contributed by atoms with Crippen LogP contribution in [0.1, 0.15) is 91.4 Å². The molecule has 0 heterocycles. The van der Waals surface area contributed by atoms with Gasteiger partial charge in [0.2, 0.25) is 0 Å². The molecular formula is C19H40N2O. The molecule has 0 aliphatic rings. The van der Waals surface area contributed by atoms with Crippen LogP contribution in [0, 0.1) is 0 Å². The van der Waals surface area contributed by atoms with Crippen molar-refractivity contribution in [2.75, 3.05) is 26.2 Å². The van der Waals surface area contributed by atoms with E-state index < -0.39 is 0 Å². The molecule has 0 rings (SSSR count). The van der Waals surface area contributed by atoms with Crippen LogP contribution < -0.4 is 0 Å². The minimum Gasteiger partial charge on any atom is -0.395 e. The molecule has 0 aromatic carbocycles. The molecule has 0 atom stereocenters. The van der Waals surface area contributed by atoms with Crippen molar-refractivity contribution in [2.24, 2.45) is 4.99 Å². The van der Waals surface area contributed by atoms with Gasteiger partial charge in [-0.1, -0.05) is 65.2 Å².